The maximum absolute atomic E-state index is 13.4. The standard InChI is InChI=1S/C29H36N2O6/c1-19(32)23-16-22(29(23,2)3)17-24(31-28(35)37-18-21-13-9-6-10-14-21)26(33)30-25(27(34)36-4)15-20-11-7-5-8-12-20/h5-14,22-25H,15-18H2,1-4H3,(H,30,33)(H,31,35)/t22-,23+,24-,25+/m1/s1. The molecule has 0 aliphatic heterocycles. The third-order valence-electron chi connectivity index (χ3n) is 7.39. The van der Waals surface area contributed by atoms with Gasteiger partial charge in [-0.05, 0) is 42.2 Å². The van der Waals surface area contributed by atoms with Crippen LogP contribution in [-0.2, 0) is 36.9 Å². The van der Waals surface area contributed by atoms with Crippen LogP contribution in [0.5, 0.6) is 0 Å². The number of nitrogens with one attached hydrogen (secondary N) is 2. The molecule has 8 nitrogen and oxygen atoms in total. The molecule has 4 atom stereocenters. The van der Waals surface area contributed by atoms with Crippen LogP contribution in [-0.4, -0.2) is 42.9 Å². The van der Waals surface area contributed by atoms with Gasteiger partial charge in [0.1, 0.15) is 24.5 Å². The quantitative estimate of drug-likeness (QED) is 0.447. The summed E-state index contributed by atoms with van der Waals surface area (Å²) < 4.78 is 10.3. The molecule has 2 amide bonds. The largest absolute Gasteiger partial charge is 0.467 e. The molecule has 8 heteroatoms. The van der Waals surface area contributed by atoms with E-state index >= 15 is 0 Å². The molecule has 37 heavy (non-hydrogen) atoms. The Labute approximate surface area is 218 Å². The van der Waals surface area contributed by atoms with Crippen LogP contribution < -0.4 is 10.6 Å². The number of alkyl carbamates (subject to hydrolysis) is 1. The van der Waals surface area contributed by atoms with E-state index < -0.39 is 30.1 Å². The second-order valence-electron chi connectivity index (χ2n) is 10.2. The van der Waals surface area contributed by atoms with E-state index in [1.165, 1.54) is 7.11 Å². The fourth-order valence-electron chi connectivity index (χ4n) is 4.99. The molecule has 0 saturated heterocycles. The first-order chi connectivity index (χ1) is 17.6. The Morgan fingerprint density at radius 3 is 2.05 bits per heavy atom. The Bertz CT molecular complexity index is 1090. The number of benzene rings is 2. The highest BCUT2D eigenvalue weighted by molar-refractivity contribution is 5.90. The van der Waals surface area contributed by atoms with Gasteiger partial charge in [0.15, 0.2) is 0 Å². The summed E-state index contributed by atoms with van der Waals surface area (Å²) in [7, 11) is 1.27. The SMILES string of the molecule is COC(=O)[C@H](Cc1ccccc1)NC(=O)[C@@H](C[C@H]1C[C@@H](C(C)=O)C1(C)C)NC(=O)OCc1ccccc1. The normalized spacial score (nSPS) is 19.5. The number of carbonyl (C=O) groups excluding carboxylic acids is 4. The molecular weight excluding hydrogens is 472 g/mol. The van der Waals surface area contributed by atoms with Crippen LogP contribution in [0.4, 0.5) is 4.79 Å². The minimum Gasteiger partial charge on any atom is -0.467 e. The van der Waals surface area contributed by atoms with Gasteiger partial charge < -0.3 is 20.1 Å². The zero-order valence-electron chi connectivity index (χ0n) is 21.9. The highest BCUT2D eigenvalue weighted by Gasteiger charge is 2.51. The minimum atomic E-state index is -0.955. The molecule has 198 valence electrons. The van der Waals surface area contributed by atoms with Gasteiger partial charge in [0.25, 0.3) is 0 Å². The molecule has 0 heterocycles. The van der Waals surface area contributed by atoms with E-state index in [0.717, 1.165) is 11.1 Å². The first-order valence-electron chi connectivity index (χ1n) is 12.5. The van der Waals surface area contributed by atoms with Crippen molar-refractivity contribution in [2.45, 2.75) is 58.7 Å². The average Bonchev–Trinajstić information content (AvgIpc) is 2.88. The van der Waals surface area contributed by atoms with Crippen LogP contribution in [0.2, 0.25) is 0 Å². The first-order valence-corrected chi connectivity index (χ1v) is 12.5. The van der Waals surface area contributed by atoms with Crippen molar-refractivity contribution in [3.05, 3.63) is 71.8 Å². The Morgan fingerprint density at radius 2 is 1.51 bits per heavy atom. The van der Waals surface area contributed by atoms with Gasteiger partial charge in [-0.15, -0.1) is 0 Å². The van der Waals surface area contributed by atoms with E-state index in [9.17, 15) is 19.2 Å². The van der Waals surface area contributed by atoms with Gasteiger partial charge in [0, 0.05) is 12.3 Å². The lowest BCUT2D eigenvalue weighted by atomic mass is 9.52. The zero-order valence-corrected chi connectivity index (χ0v) is 21.9. The van der Waals surface area contributed by atoms with Gasteiger partial charge in [-0.25, -0.2) is 9.59 Å². The summed E-state index contributed by atoms with van der Waals surface area (Å²) in [5.41, 5.74) is 1.36. The Kier molecular flexibility index (Phi) is 9.44. The summed E-state index contributed by atoms with van der Waals surface area (Å²) in [4.78, 5) is 50.6. The Balaban J connectivity index is 1.72. The number of carbonyl (C=O) groups is 4. The second kappa shape index (κ2) is 12.5. The zero-order chi connectivity index (χ0) is 27.0. The van der Waals surface area contributed by atoms with E-state index in [-0.39, 0.29) is 36.1 Å². The molecular formula is C29H36N2O6. The number of hydrogen-bond acceptors (Lipinski definition) is 6. The lowest BCUT2D eigenvalue weighted by Gasteiger charge is -2.52. The smallest absolute Gasteiger partial charge is 0.408 e. The number of esters is 1. The molecule has 0 bridgehead atoms. The van der Waals surface area contributed by atoms with E-state index in [4.69, 9.17) is 9.47 Å². The van der Waals surface area contributed by atoms with Crippen molar-refractivity contribution in [3.8, 4) is 0 Å². The number of ether oxygens (including phenoxy) is 2. The summed E-state index contributed by atoms with van der Waals surface area (Å²) in [5.74, 6) is -1.04. The molecule has 0 unspecified atom stereocenters. The molecule has 2 aromatic carbocycles. The summed E-state index contributed by atoms with van der Waals surface area (Å²) in [6.07, 6.45) is 0.452. The van der Waals surface area contributed by atoms with Crippen molar-refractivity contribution >= 4 is 23.8 Å². The predicted octanol–water partition coefficient (Wildman–Crippen LogP) is 3.82. The van der Waals surface area contributed by atoms with Gasteiger partial charge in [-0.3, -0.25) is 9.59 Å². The van der Waals surface area contributed by atoms with Gasteiger partial charge >= 0.3 is 12.1 Å². The van der Waals surface area contributed by atoms with Gasteiger partial charge in [-0.1, -0.05) is 74.5 Å². The maximum atomic E-state index is 13.4. The topological polar surface area (TPSA) is 111 Å². The highest BCUT2D eigenvalue weighted by atomic mass is 16.5. The third kappa shape index (κ3) is 7.41. The van der Waals surface area contributed by atoms with E-state index in [1.807, 2.05) is 74.5 Å². The number of hydrogen-bond donors (Lipinski definition) is 2. The van der Waals surface area contributed by atoms with Crippen LogP contribution in [0, 0.1) is 17.3 Å². The van der Waals surface area contributed by atoms with Crippen LogP contribution in [0.15, 0.2) is 60.7 Å². The Morgan fingerprint density at radius 1 is 0.919 bits per heavy atom. The molecule has 3 rings (SSSR count). The molecule has 1 aliphatic carbocycles. The van der Waals surface area contributed by atoms with E-state index in [2.05, 4.69) is 10.6 Å². The molecule has 0 aromatic heterocycles. The minimum absolute atomic E-state index is 0.0253. The molecule has 0 radical (unpaired) electrons. The van der Waals surface area contributed by atoms with Crippen molar-refractivity contribution < 1.29 is 28.7 Å². The van der Waals surface area contributed by atoms with Crippen molar-refractivity contribution in [3.63, 3.8) is 0 Å². The number of Topliss-reactive ketones (excluding diaryl/α,β-unsaturated/α-hetero) is 1. The fraction of sp³-hybridized carbons (Fsp3) is 0.448. The molecule has 1 saturated carbocycles. The summed E-state index contributed by atoms with van der Waals surface area (Å²) in [6.45, 7) is 5.64. The summed E-state index contributed by atoms with van der Waals surface area (Å²) in [5, 5.41) is 5.44. The lowest BCUT2D eigenvalue weighted by Crippen LogP contribution is -2.56. The fourth-order valence-corrected chi connectivity index (χ4v) is 4.99. The monoisotopic (exact) mass is 508 g/mol. The van der Waals surface area contributed by atoms with Crippen molar-refractivity contribution in [2.24, 2.45) is 17.3 Å². The maximum Gasteiger partial charge on any atom is 0.408 e. The molecule has 2 aromatic rings. The van der Waals surface area contributed by atoms with Crippen molar-refractivity contribution in [1.82, 2.24) is 10.6 Å². The Hall–Kier alpha value is -3.68. The third-order valence-corrected chi connectivity index (χ3v) is 7.39. The van der Waals surface area contributed by atoms with Crippen LogP contribution in [0.3, 0.4) is 0 Å². The second-order valence-corrected chi connectivity index (χ2v) is 10.2. The van der Waals surface area contributed by atoms with Gasteiger partial charge in [-0.2, -0.15) is 0 Å². The number of rotatable bonds is 11. The van der Waals surface area contributed by atoms with Crippen molar-refractivity contribution in [1.29, 1.82) is 0 Å². The van der Waals surface area contributed by atoms with Crippen LogP contribution >= 0.6 is 0 Å². The van der Waals surface area contributed by atoms with Gasteiger partial charge in [0.05, 0.1) is 7.11 Å². The van der Waals surface area contributed by atoms with Crippen LogP contribution in [0.1, 0.15) is 44.7 Å². The highest BCUT2D eigenvalue weighted by Crippen LogP contribution is 2.53. The summed E-state index contributed by atoms with van der Waals surface area (Å²) in [6, 6.07) is 16.6. The number of amides is 2. The average molecular weight is 509 g/mol. The molecule has 1 aliphatic rings. The first kappa shape index (κ1) is 27.9. The van der Waals surface area contributed by atoms with Crippen molar-refractivity contribution in [2.75, 3.05) is 7.11 Å². The molecule has 0 spiro atoms. The molecule has 2 N–H and O–H groups in total. The number of methoxy groups -OCH3 is 1. The van der Waals surface area contributed by atoms with E-state index in [1.54, 1.807) is 6.92 Å². The number of ketones is 1. The van der Waals surface area contributed by atoms with Gasteiger partial charge in [0.2, 0.25) is 5.91 Å². The molecule has 1 fully saturated rings. The predicted molar refractivity (Wildman–Crippen MR) is 138 cm³/mol. The summed E-state index contributed by atoms with van der Waals surface area (Å²) >= 11 is 0. The lowest BCUT2D eigenvalue weighted by molar-refractivity contribution is -0.146. The van der Waals surface area contributed by atoms with E-state index in [0.29, 0.717) is 12.8 Å². The van der Waals surface area contributed by atoms with Crippen LogP contribution in [0.25, 0.3) is 0 Å².